The number of likely N-dealkylation sites (tertiary alicyclic amines) is 1. The second kappa shape index (κ2) is 3.88. The Kier molecular flexibility index (Phi) is 3.13. The van der Waals surface area contributed by atoms with Gasteiger partial charge in [0.05, 0.1) is 6.61 Å². The van der Waals surface area contributed by atoms with Crippen LogP contribution in [0.15, 0.2) is 0 Å². The van der Waals surface area contributed by atoms with Crippen molar-refractivity contribution in [2.24, 2.45) is 11.1 Å². The Morgan fingerprint density at radius 3 is 2.53 bits per heavy atom. The van der Waals surface area contributed by atoms with Crippen LogP contribution >= 0.6 is 0 Å². The molecule has 0 bridgehead atoms. The lowest BCUT2D eigenvalue weighted by atomic mass is 9.87. The smallest absolute Gasteiger partial charge is 0.384 e. The zero-order valence-corrected chi connectivity index (χ0v) is 8.40. The summed E-state index contributed by atoms with van der Waals surface area (Å²) in [4.78, 5) is 1.21. The molecule has 88 valence electrons. The van der Waals surface area contributed by atoms with Crippen LogP contribution in [0.5, 0.6) is 0 Å². The minimum absolute atomic E-state index is 0.0794. The van der Waals surface area contributed by atoms with E-state index in [1.54, 1.807) is 0 Å². The van der Waals surface area contributed by atoms with Crippen LogP contribution in [0, 0.1) is 10.8 Å². The fourth-order valence-electron chi connectivity index (χ4n) is 1.79. The highest BCUT2D eigenvalue weighted by atomic mass is 19.4. The number of hydrogen-bond acceptors (Lipinski definition) is 2. The van der Waals surface area contributed by atoms with Gasteiger partial charge < -0.3 is 15.4 Å². The van der Waals surface area contributed by atoms with Crippen LogP contribution in [0.4, 0.5) is 13.2 Å². The number of guanidine groups is 1. The van der Waals surface area contributed by atoms with Gasteiger partial charge in [0.15, 0.2) is 5.96 Å². The van der Waals surface area contributed by atoms with Crippen molar-refractivity contribution in [2.45, 2.75) is 12.6 Å². The van der Waals surface area contributed by atoms with E-state index in [-0.39, 0.29) is 32.1 Å². The fraction of sp³-hybridized carbons (Fsp3) is 0.875. The Hall–Kier alpha value is -0.980. The first-order valence-corrected chi connectivity index (χ1v) is 4.47. The zero-order valence-electron chi connectivity index (χ0n) is 8.40. The molecule has 0 aromatic carbocycles. The van der Waals surface area contributed by atoms with Gasteiger partial charge in [-0.3, -0.25) is 5.41 Å². The highest BCUT2D eigenvalue weighted by molar-refractivity contribution is 5.75. The zero-order chi connectivity index (χ0) is 11.7. The van der Waals surface area contributed by atoms with Gasteiger partial charge in [0.1, 0.15) is 5.41 Å². The van der Waals surface area contributed by atoms with Crippen molar-refractivity contribution in [1.29, 1.82) is 5.41 Å². The molecule has 0 aromatic rings. The molecule has 1 fully saturated rings. The molecule has 0 aliphatic carbocycles. The molecule has 4 nitrogen and oxygen atoms in total. The lowest BCUT2D eigenvalue weighted by Crippen LogP contribution is -2.46. The lowest BCUT2D eigenvalue weighted by Gasteiger charge is -2.30. The quantitative estimate of drug-likeness (QED) is 0.539. The van der Waals surface area contributed by atoms with Crippen molar-refractivity contribution in [3.8, 4) is 0 Å². The summed E-state index contributed by atoms with van der Waals surface area (Å²) in [5.41, 5.74) is 3.28. The van der Waals surface area contributed by atoms with E-state index < -0.39 is 11.6 Å². The summed E-state index contributed by atoms with van der Waals surface area (Å²) in [6, 6.07) is 0. The maximum Gasteiger partial charge on any atom is 0.398 e. The number of ether oxygens (including phenoxy) is 1. The number of hydrogen-bond donors (Lipinski definition) is 2. The van der Waals surface area contributed by atoms with Gasteiger partial charge in [-0.05, 0) is 6.42 Å². The van der Waals surface area contributed by atoms with Gasteiger partial charge in [0, 0.05) is 20.2 Å². The molecule has 1 saturated heterocycles. The molecule has 0 amide bonds. The Morgan fingerprint density at radius 2 is 2.20 bits per heavy atom. The Balaban J connectivity index is 2.83. The Bertz CT molecular complexity index is 256. The summed E-state index contributed by atoms with van der Waals surface area (Å²) in [7, 11) is 1.24. The van der Waals surface area contributed by atoms with E-state index in [0.717, 1.165) is 0 Å². The van der Waals surface area contributed by atoms with Crippen LogP contribution in [0.1, 0.15) is 6.42 Å². The standard InChI is InChI=1S/C8H14F3N3O/c1-15-5-7(8(9,10)11)2-3-14(4-7)6(12)13/h2-5H2,1H3,(H3,12,13)/t7-/m0/s1. The molecule has 0 saturated carbocycles. The van der Waals surface area contributed by atoms with E-state index in [2.05, 4.69) is 4.74 Å². The summed E-state index contributed by atoms with van der Waals surface area (Å²) in [6.07, 6.45) is -4.41. The van der Waals surface area contributed by atoms with E-state index in [4.69, 9.17) is 11.1 Å². The average molecular weight is 225 g/mol. The molecule has 1 heterocycles. The monoisotopic (exact) mass is 225 g/mol. The summed E-state index contributed by atoms with van der Waals surface area (Å²) in [5, 5.41) is 7.10. The molecule has 0 aromatic heterocycles. The molecule has 0 radical (unpaired) electrons. The van der Waals surface area contributed by atoms with Crippen LogP contribution < -0.4 is 5.73 Å². The first kappa shape index (κ1) is 12.1. The fourth-order valence-corrected chi connectivity index (χ4v) is 1.79. The molecule has 3 N–H and O–H groups in total. The predicted octanol–water partition coefficient (Wildman–Crippen LogP) is 0.781. The highest BCUT2D eigenvalue weighted by Crippen LogP contribution is 2.45. The number of nitrogens with two attached hydrogens (primary N) is 1. The largest absolute Gasteiger partial charge is 0.398 e. The summed E-state index contributed by atoms with van der Waals surface area (Å²) in [6.45, 7) is -0.530. The molecule has 1 aliphatic heterocycles. The maximum absolute atomic E-state index is 12.8. The molecular weight excluding hydrogens is 211 g/mol. The van der Waals surface area contributed by atoms with Gasteiger partial charge in [-0.1, -0.05) is 0 Å². The van der Waals surface area contributed by atoms with Crippen molar-refractivity contribution in [3.05, 3.63) is 0 Å². The van der Waals surface area contributed by atoms with Gasteiger partial charge >= 0.3 is 6.18 Å². The van der Waals surface area contributed by atoms with Crippen LogP contribution in [-0.2, 0) is 4.74 Å². The number of alkyl halides is 3. The number of nitrogens with zero attached hydrogens (tertiary/aromatic N) is 1. The van der Waals surface area contributed by atoms with Crippen molar-refractivity contribution < 1.29 is 17.9 Å². The topological polar surface area (TPSA) is 62.3 Å². The molecule has 0 spiro atoms. The summed E-state index contributed by atoms with van der Waals surface area (Å²) >= 11 is 0. The number of methoxy groups -OCH3 is 1. The van der Waals surface area contributed by atoms with E-state index in [1.807, 2.05) is 0 Å². The molecule has 0 unspecified atom stereocenters. The van der Waals surface area contributed by atoms with Crippen LogP contribution in [0.2, 0.25) is 0 Å². The van der Waals surface area contributed by atoms with Crippen molar-refractivity contribution in [1.82, 2.24) is 4.90 Å². The average Bonchev–Trinajstić information content (AvgIpc) is 2.49. The van der Waals surface area contributed by atoms with Crippen LogP contribution in [0.3, 0.4) is 0 Å². The third kappa shape index (κ3) is 2.17. The first-order valence-electron chi connectivity index (χ1n) is 4.47. The lowest BCUT2D eigenvalue weighted by molar-refractivity contribution is -0.232. The minimum atomic E-state index is -4.33. The Morgan fingerprint density at radius 1 is 1.60 bits per heavy atom. The van der Waals surface area contributed by atoms with Gasteiger partial charge in [0.25, 0.3) is 0 Å². The van der Waals surface area contributed by atoms with Crippen LogP contribution in [-0.4, -0.2) is 43.8 Å². The second-order valence-electron chi connectivity index (χ2n) is 3.77. The van der Waals surface area contributed by atoms with Gasteiger partial charge in [-0.25, -0.2) is 0 Å². The normalized spacial score (nSPS) is 27.1. The number of nitrogens with one attached hydrogen (secondary N) is 1. The van der Waals surface area contributed by atoms with E-state index in [1.165, 1.54) is 12.0 Å². The Labute approximate surface area is 85.7 Å². The molecule has 15 heavy (non-hydrogen) atoms. The third-order valence-electron chi connectivity index (χ3n) is 2.72. The molecule has 1 aliphatic rings. The predicted molar refractivity (Wildman–Crippen MR) is 48.5 cm³/mol. The van der Waals surface area contributed by atoms with Crippen molar-refractivity contribution in [2.75, 3.05) is 26.8 Å². The molecule has 1 atom stereocenters. The number of rotatable bonds is 2. The van der Waals surface area contributed by atoms with Crippen molar-refractivity contribution in [3.63, 3.8) is 0 Å². The molecule has 7 heteroatoms. The molecular formula is C8H14F3N3O. The first-order chi connectivity index (χ1) is 6.82. The van der Waals surface area contributed by atoms with Crippen molar-refractivity contribution >= 4 is 5.96 Å². The molecule has 1 rings (SSSR count). The third-order valence-corrected chi connectivity index (χ3v) is 2.72. The van der Waals surface area contributed by atoms with Gasteiger partial charge in [-0.15, -0.1) is 0 Å². The minimum Gasteiger partial charge on any atom is -0.384 e. The second-order valence-corrected chi connectivity index (χ2v) is 3.77. The summed E-state index contributed by atoms with van der Waals surface area (Å²) < 4.78 is 43.1. The van der Waals surface area contributed by atoms with Gasteiger partial charge in [0.2, 0.25) is 0 Å². The number of halogens is 3. The summed E-state index contributed by atoms with van der Waals surface area (Å²) in [5.74, 6) is -0.322. The maximum atomic E-state index is 12.8. The SMILES string of the molecule is COC[C@]1(C(F)(F)F)CCN(C(=N)N)C1. The van der Waals surface area contributed by atoms with E-state index >= 15 is 0 Å². The highest BCUT2D eigenvalue weighted by Gasteiger charge is 2.58. The van der Waals surface area contributed by atoms with Crippen LogP contribution in [0.25, 0.3) is 0 Å². The van der Waals surface area contributed by atoms with Gasteiger partial charge in [-0.2, -0.15) is 13.2 Å². The van der Waals surface area contributed by atoms with E-state index in [9.17, 15) is 13.2 Å². The van der Waals surface area contributed by atoms with E-state index in [0.29, 0.717) is 0 Å².